The second kappa shape index (κ2) is 29.7. The first-order chi connectivity index (χ1) is 6.83. The van der Waals surface area contributed by atoms with Crippen LogP contribution >= 0.6 is 0 Å². The molecule has 0 aliphatic heterocycles. The van der Waals surface area contributed by atoms with Gasteiger partial charge in [0.05, 0.1) is 0 Å². The zero-order valence-electron chi connectivity index (χ0n) is 9.80. The maximum Gasteiger partial charge on any atom is -0.0353 e. The Morgan fingerprint density at radius 2 is 1.36 bits per heavy atom. The monoisotopic (exact) mass is 194 g/mol. The SMILES string of the molecule is C=C.C=CC=C.C=CCCCCCC. The molecule has 0 aliphatic rings. The maximum atomic E-state index is 3.66. The molecule has 0 saturated heterocycles. The summed E-state index contributed by atoms with van der Waals surface area (Å²) in [6.45, 7) is 18.6. The molecule has 0 heterocycles. The lowest BCUT2D eigenvalue weighted by Gasteiger charge is -1.91. The topological polar surface area (TPSA) is 0 Å². The molecule has 0 spiro atoms. The number of rotatable bonds is 6. The summed E-state index contributed by atoms with van der Waals surface area (Å²) >= 11 is 0. The van der Waals surface area contributed by atoms with Crippen molar-refractivity contribution in [2.24, 2.45) is 0 Å². The molecule has 0 heteroatoms. The Morgan fingerprint density at radius 1 is 0.857 bits per heavy atom. The van der Waals surface area contributed by atoms with Crippen LogP contribution in [0.15, 0.2) is 51.1 Å². The molecule has 0 amide bonds. The Bertz CT molecular complexity index is 105. The molecule has 0 bridgehead atoms. The maximum absolute atomic E-state index is 3.66. The quantitative estimate of drug-likeness (QED) is 0.305. The molecular formula is C14H26. The van der Waals surface area contributed by atoms with Gasteiger partial charge >= 0.3 is 0 Å². The zero-order valence-corrected chi connectivity index (χ0v) is 9.80. The smallest absolute Gasteiger partial charge is 0.0353 e. The van der Waals surface area contributed by atoms with Crippen LogP contribution in [-0.4, -0.2) is 0 Å². The molecule has 0 saturated carbocycles. The van der Waals surface area contributed by atoms with Gasteiger partial charge < -0.3 is 0 Å². The third kappa shape index (κ3) is 44.2. The van der Waals surface area contributed by atoms with Gasteiger partial charge in [-0.3, -0.25) is 0 Å². The normalized spacial score (nSPS) is 6.93. The Hall–Kier alpha value is -1.04. The van der Waals surface area contributed by atoms with E-state index in [2.05, 4.69) is 39.8 Å². The van der Waals surface area contributed by atoms with Crippen molar-refractivity contribution < 1.29 is 0 Å². The molecular weight excluding hydrogens is 168 g/mol. The Balaban J connectivity index is -0.000000170. The Labute approximate surface area is 90.7 Å². The van der Waals surface area contributed by atoms with Crippen molar-refractivity contribution >= 4 is 0 Å². The summed E-state index contributed by atoms with van der Waals surface area (Å²) < 4.78 is 0. The second-order valence-corrected chi connectivity index (χ2v) is 2.61. The molecule has 0 aromatic heterocycles. The van der Waals surface area contributed by atoms with Crippen LogP contribution in [0, 0.1) is 0 Å². The van der Waals surface area contributed by atoms with Crippen LogP contribution in [0.5, 0.6) is 0 Å². The van der Waals surface area contributed by atoms with E-state index in [9.17, 15) is 0 Å². The summed E-state index contributed by atoms with van der Waals surface area (Å²) in [7, 11) is 0. The molecule has 0 unspecified atom stereocenters. The fourth-order valence-electron chi connectivity index (χ4n) is 0.715. The van der Waals surface area contributed by atoms with Gasteiger partial charge in [-0.2, -0.15) is 0 Å². The van der Waals surface area contributed by atoms with E-state index in [0.29, 0.717) is 0 Å². The predicted octanol–water partition coefficient (Wildman–Crippen LogP) is 5.30. The first-order valence-corrected chi connectivity index (χ1v) is 5.17. The largest absolute Gasteiger partial charge is 0.106 e. The minimum Gasteiger partial charge on any atom is -0.106 e. The van der Waals surface area contributed by atoms with E-state index in [4.69, 9.17) is 0 Å². The second-order valence-electron chi connectivity index (χ2n) is 2.61. The van der Waals surface area contributed by atoms with Crippen LogP contribution in [0.3, 0.4) is 0 Å². The van der Waals surface area contributed by atoms with Gasteiger partial charge in [0, 0.05) is 0 Å². The summed E-state index contributed by atoms with van der Waals surface area (Å²) in [4.78, 5) is 0. The van der Waals surface area contributed by atoms with E-state index in [-0.39, 0.29) is 0 Å². The van der Waals surface area contributed by atoms with Gasteiger partial charge in [0.15, 0.2) is 0 Å². The fourth-order valence-corrected chi connectivity index (χ4v) is 0.715. The number of hydrogen-bond acceptors (Lipinski definition) is 0. The van der Waals surface area contributed by atoms with Crippen molar-refractivity contribution in [3.8, 4) is 0 Å². The van der Waals surface area contributed by atoms with Gasteiger partial charge in [-0.15, -0.1) is 19.7 Å². The molecule has 0 nitrogen and oxygen atoms in total. The Kier molecular flexibility index (Phi) is 39.6. The lowest BCUT2D eigenvalue weighted by atomic mass is 10.2. The zero-order chi connectivity index (χ0) is 11.7. The standard InChI is InChI=1S/C8H16.C4H6.C2H4/c1-3-5-7-8-6-4-2;1-3-4-2;1-2/h3H,1,4-8H2,2H3;3-4H,1-2H2;1-2H2. The van der Waals surface area contributed by atoms with Gasteiger partial charge in [0.2, 0.25) is 0 Å². The summed E-state index contributed by atoms with van der Waals surface area (Å²) in [6.07, 6.45) is 11.9. The van der Waals surface area contributed by atoms with Crippen LogP contribution in [0.25, 0.3) is 0 Å². The fraction of sp³-hybridized carbons (Fsp3) is 0.429. The molecule has 0 atom stereocenters. The molecule has 14 heavy (non-hydrogen) atoms. The van der Waals surface area contributed by atoms with Crippen molar-refractivity contribution in [3.05, 3.63) is 51.1 Å². The number of unbranched alkanes of at least 4 members (excludes halogenated alkanes) is 4. The molecule has 0 radical (unpaired) electrons. The van der Waals surface area contributed by atoms with Crippen LogP contribution in [0.1, 0.15) is 39.0 Å². The van der Waals surface area contributed by atoms with E-state index in [1.165, 1.54) is 32.1 Å². The van der Waals surface area contributed by atoms with Crippen molar-refractivity contribution in [1.82, 2.24) is 0 Å². The summed E-state index contributed by atoms with van der Waals surface area (Å²) in [5.74, 6) is 0. The molecule has 0 N–H and O–H groups in total. The first kappa shape index (κ1) is 18.7. The third-order valence-electron chi connectivity index (χ3n) is 1.43. The van der Waals surface area contributed by atoms with Gasteiger partial charge in [-0.1, -0.05) is 57.6 Å². The third-order valence-corrected chi connectivity index (χ3v) is 1.43. The van der Waals surface area contributed by atoms with Crippen molar-refractivity contribution in [2.75, 3.05) is 0 Å². The summed E-state index contributed by atoms with van der Waals surface area (Å²) in [5.41, 5.74) is 0. The minimum absolute atomic E-state index is 1.19. The molecule has 82 valence electrons. The van der Waals surface area contributed by atoms with Gasteiger partial charge in [0.1, 0.15) is 0 Å². The highest BCUT2D eigenvalue weighted by Gasteiger charge is 1.81. The highest BCUT2D eigenvalue weighted by Crippen LogP contribution is 2.01. The van der Waals surface area contributed by atoms with Crippen LogP contribution in [-0.2, 0) is 0 Å². The highest BCUT2D eigenvalue weighted by molar-refractivity contribution is 4.88. The van der Waals surface area contributed by atoms with Crippen LogP contribution in [0.4, 0.5) is 0 Å². The molecule has 0 rings (SSSR count). The van der Waals surface area contributed by atoms with Gasteiger partial charge in [-0.25, -0.2) is 0 Å². The highest BCUT2D eigenvalue weighted by atomic mass is 13.9. The number of hydrogen-bond donors (Lipinski definition) is 0. The van der Waals surface area contributed by atoms with Crippen molar-refractivity contribution in [3.63, 3.8) is 0 Å². The number of allylic oxidation sites excluding steroid dienone is 3. The molecule has 0 aliphatic carbocycles. The van der Waals surface area contributed by atoms with Gasteiger partial charge in [0.25, 0.3) is 0 Å². The van der Waals surface area contributed by atoms with Crippen LogP contribution in [0.2, 0.25) is 0 Å². The molecule has 0 aromatic carbocycles. The average Bonchev–Trinajstić information content (AvgIpc) is 2.28. The van der Waals surface area contributed by atoms with Crippen LogP contribution < -0.4 is 0 Å². The Morgan fingerprint density at radius 3 is 1.64 bits per heavy atom. The van der Waals surface area contributed by atoms with E-state index < -0.39 is 0 Å². The van der Waals surface area contributed by atoms with E-state index >= 15 is 0 Å². The lowest BCUT2D eigenvalue weighted by molar-refractivity contribution is 0.675. The lowest BCUT2D eigenvalue weighted by Crippen LogP contribution is -1.71. The minimum atomic E-state index is 1.19. The predicted molar refractivity (Wildman–Crippen MR) is 70.6 cm³/mol. The first-order valence-electron chi connectivity index (χ1n) is 5.17. The summed E-state index contributed by atoms with van der Waals surface area (Å²) in [6, 6.07) is 0. The van der Waals surface area contributed by atoms with Gasteiger partial charge in [-0.05, 0) is 12.8 Å². The molecule has 0 aromatic rings. The van der Waals surface area contributed by atoms with E-state index in [0.717, 1.165) is 0 Å². The van der Waals surface area contributed by atoms with E-state index in [1.54, 1.807) is 12.2 Å². The average molecular weight is 194 g/mol. The summed E-state index contributed by atoms with van der Waals surface area (Å²) in [5, 5.41) is 0. The van der Waals surface area contributed by atoms with Crippen molar-refractivity contribution in [2.45, 2.75) is 39.0 Å². The molecule has 0 fully saturated rings. The van der Waals surface area contributed by atoms with Crippen molar-refractivity contribution in [1.29, 1.82) is 0 Å². The van der Waals surface area contributed by atoms with E-state index in [1.807, 2.05) is 6.08 Å².